The van der Waals surface area contributed by atoms with Crippen molar-refractivity contribution in [1.29, 1.82) is 0 Å². The van der Waals surface area contributed by atoms with E-state index in [0.717, 1.165) is 0 Å². The lowest BCUT2D eigenvalue weighted by Gasteiger charge is -2.55. The molecule has 3 atom stereocenters. The van der Waals surface area contributed by atoms with Gasteiger partial charge in [-0.2, -0.15) is 0 Å². The zero-order chi connectivity index (χ0) is 15.2. The smallest absolute Gasteiger partial charge is 0.0412 e. The predicted octanol–water partition coefficient (Wildman–Crippen LogP) is 5.36. The molecule has 0 amide bonds. The van der Waals surface area contributed by atoms with Gasteiger partial charge in [0, 0.05) is 23.2 Å². The Morgan fingerprint density at radius 2 is 1.73 bits per heavy atom. The molecule has 0 aromatic heterocycles. The van der Waals surface area contributed by atoms with Gasteiger partial charge in [0.25, 0.3) is 0 Å². The molecule has 1 fully saturated rings. The van der Waals surface area contributed by atoms with Crippen molar-refractivity contribution in [3.8, 4) is 0 Å². The number of hydrogen-bond donors (Lipinski definition) is 0. The van der Waals surface area contributed by atoms with Crippen LogP contribution in [0.4, 0.5) is 5.69 Å². The summed E-state index contributed by atoms with van der Waals surface area (Å²) in [6.07, 6.45) is 5.23. The molecule has 1 heteroatoms. The van der Waals surface area contributed by atoms with Gasteiger partial charge in [-0.25, -0.2) is 0 Å². The van der Waals surface area contributed by atoms with Crippen LogP contribution in [0.2, 0.25) is 0 Å². The van der Waals surface area contributed by atoms with E-state index in [1.165, 1.54) is 42.5 Å². The Labute approximate surface area is 134 Å². The molecule has 2 aliphatic rings. The Morgan fingerprint density at radius 3 is 2.55 bits per heavy atom. The van der Waals surface area contributed by atoms with Gasteiger partial charge < -0.3 is 4.90 Å². The zero-order valence-corrected chi connectivity index (χ0v) is 13.6. The van der Waals surface area contributed by atoms with Gasteiger partial charge in [-0.05, 0) is 56.7 Å². The Bertz CT molecular complexity index is 663. The lowest BCUT2D eigenvalue weighted by atomic mass is 9.70. The summed E-state index contributed by atoms with van der Waals surface area (Å²) in [7, 11) is 0. The molecular weight excluding hydrogens is 266 g/mol. The molecule has 0 saturated carbocycles. The van der Waals surface area contributed by atoms with Crippen molar-refractivity contribution < 1.29 is 0 Å². The second kappa shape index (κ2) is 5.15. The third-order valence-electron chi connectivity index (χ3n) is 5.78. The monoisotopic (exact) mass is 291 g/mol. The largest absolute Gasteiger partial charge is 0.363 e. The molecule has 2 aliphatic heterocycles. The van der Waals surface area contributed by atoms with Crippen molar-refractivity contribution in [1.82, 2.24) is 0 Å². The first-order chi connectivity index (χ1) is 10.7. The molecule has 0 radical (unpaired) electrons. The number of fused-ring (bicyclic) bond motifs is 3. The lowest BCUT2D eigenvalue weighted by molar-refractivity contribution is 0.255. The summed E-state index contributed by atoms with van der Waals surface area (Å²) in [5.41, 5.74) is 4.75. The van der Waals surface area contributed by atoms with E-state index in [9.17, 15) is 0 Å². The number of para-hydroxylation sites is 1. The molecule has 0 N–H and O–H groups in total. The number of nitrogens with zero attached hydrogens (tertiary/aromatic N) is 1. The fraction of sp³-hybridized carbons (Fsp3) is 0.429. The van der Waals surface area contributed by atoms with Gasteiger partial charge in [-0.15, -0.1) is 0 Å². The van der Waals surface area contributed by atoms with Crippen LogP contribution in [0.25, 0.3) is 0 Å². The number of piperidine rings is 1. The van der Waals surface area contributed by atoms with E-state index in [-0.39, 0.29) is 0 Å². The van der Waals surface area contributed by atoms with Crippen LogP contribution in [-0.4, -0.2) is 11.6 Å². The first-order valence-electron chi connectivity index (χ1n) is 8.62. The fourth-order valence-corrected chi connectivity index (χ4v) is 4.82. The lowest BCUT2D eigenvalue weighted by Crippen LogP contribution is -2.57. The van der Waals surface area contributed by atoms with Crippen LogP contribution in [0.1, 0.15) is 56.6 Å². The van der Waals surface area contributed by atoms with Crippen LogP contribution in [0, 0.1) is 0 Å². The normalized spacial score (nSPS) is 30.5. The highest BCUT2D eigenvalue weighted by atomic mass is 15.2. The molecule has 1 nitrogen and oxygen atoms in total. The maximum Gasteiger partial charge on any atom is 0.0412 e. The van der Waals surface area contributed by atoms with Crippen LogP contribution in [0.5, 0.6) is 0 Å². The molecule has 0 aliphatic carbocycles. The van der Waals surface area contributed by atoms with Gasteiger partial charge in [0.2, 0.25) is 0 Å². The number of anilines is 1. The maximum absolute atomic E-state index is 2.73. The molecule has 22 heavy (non-hydrogen) atoms. The molecular formula is C21H25N. The molecule has 2 aromatic carbocycles. The minimum Gasteiger partial charge on any atom is -0.363 e. The van der Waals surface area contributed by atoms with Crippen molar-refractivity contribution in [2.24, 2.45) is 0 Å². The van der Waals surface area contributed by atoms with Crippen molar-refractivity contribution in [3.05, 3.63) is 65.7 Å². The van der Waals surface area contributed by atoms with Gasteiger partial charge in [0.15, 0.2) is 0 Å². The minimum atomic E-state index is 0.298. The quantitative estimate of drug-likeness (QED) is 0.683. The number of benzene rings is 2. The third-order valence-corrected chi connectivity index (χ3v) is 5.78. The van der Waals surface area contributed by atoms with Crippen molar-refractivity contribution in [3.63, 3.8) is 0 Å². The summed E-state index contributed by atoms with van der Waals surface area (Å²) in [4.78, 5) is 2.73. The average molecular weight is 291 g/mol. The van der Waals surface area contributed by atoms with Gasteiger partial charge in [-0.1, -0.05) is 48.5 Å². The van der Waals surface area contributed by atoms with Crippen LogP contribution >= 0.6 is 0 Å². The molecule has 0 spiro atoms. The van der Waals surface area contributed by atoms with Crippen LogP contribution < -0.4 is 4.90 Å². The van der Waals surface area contributed by atoms with E-state index in [4.69, 9.17) is 0 Å². The summed E-state index contributed by atoms with van der Waals surface area (Å²) in [5.74, 6) is 0.531. The number of rotatable bonds is 1. The first kappa shape index (κ1) is 13.9. The second-order valence-corrected chi connectivity index (χ2v) is 7.33. The Kier molecular flexibility index (Phi) is 3.25. The van der Waals surface area contributed by atoms with Crippen molar-refractivity contribution >= 4 is 5.69 Å². The third kappa shape index (κ3) is 2.06. The summed E-state index contributed by atoms with van der Waals surface area (Å²) in [6, 6.07) is 20.8. The topological polar surface area (TPSA) is 3.24 Å². The van der Waals surface area contributed by atoms with E-state index in [0.29, 0.717) is 17.5 Å². The van der Waals surface area contributed by atoms with Crippen LogP contribution in [0.15, 0.2) is 54.6 Å². The molecule has 4 rings (SSSR count). The highest BCUT2D eigenvalue weighted by Gasteiger charge is 2.45. The Morgan fingerprint density at radius 1 is 1.00 bits per heavy atom. The second-order valence-electron chi connectivity index (χ2n) is 7.33. The number of hydrogen-bond acceptors (Lipinski definition) is 1. The first-order valence-corrected chi connectivity index (χ1v) is 8.62. The standard InChI is InChI=1S/C21H25N/c1-16-9-8-14-21(2)15-19(17-10-4-3-5-11-17)18-12-6-7-13-20(18)22(16)21/h3-7,10-13,16,19H,8-9,14-15H2,1-2H3/t16?,19-,21+/m1/s1. The molecule has 2 heterocycles. The van der Waals surface area contributed by atoms with Crippen molar-refractivity contribution in [2.75, 3.05) is 4.90 Å². The van der Waals surface area contributed by atoms with Gasteiger partial charge in [-0.3, -0.25) is 0 Å². The van der Waals surface area contributed by atoms with Crippen LogP contribution in [-0.2, 0) is 0 Å². The molecule has 2 aromatic rings. The van der Waals surface area contributed by atoms with E-state index in [1.807, 2.05) is 0 Å². The highest BCUT2D eigenvalue weighted by Crippen LogP contribution is 2.51. The van der Waals surface area contributed by atoms with Gasteiger partial charge in [0.05, 0.1) is 0 Å². The van der Waals surface area contributed by atoms with Crippen LogP contribution in [0.3, 0.4) is 0 Å². The zero-order valence-electron chi connectivity index (χ0n) is 13.6. The fourth-order valence-electron chi connectivity index (χ4n) is 4.82. The average Bonchev–Trinajstić information content (AvgIpc) is 2.54. The van der Waals surface area contributed by atoms with Gasteiger partial charge >= 0.3 is 0 Å². The van der Waals surface area contributed by atoms with E-state index in [1.54, 1.807) is 0 Å². The SMILES string of the molecule is CC1CCC[C@@]2(C)C[C@H](c3ccccc3)c3ccccc3N12. The molecule has 1 saturated heterocycles. The van der Waals surface area contributed by atoms with E-state index >= 15 is 0 Å². The van der Waals surface area contributed by atoms with E-state index in [2.05, 4.69) is 73.3 Å². The minimum absolute atomic E-state index is 0.298. The molecule has 1 unspecified atom stereocenters. The summed E-state index contributed by atoms with van der Waals surface area (Å²) in [5, 5.41) is 0. The van der Waals surface area contributed by atoms with Gasteiger partial charge in [0.1, 0.15) is 0 Å². The summed E-state index contributed by atoms with van der Waals surface area (Å²) in [6.45, 7) is 4.88. The molecule has 0 bridgehead atoms. The Balaban J connectivity index is 1.87. The summed E-state index contributed by atoms with van der Waals surface area (Å²) < 4.78 is 0. The molecule has 114 valence electrons. The Hall–Kier alpha value is -1.76. The maximum atomic E-state index is 2.73. The summed E-state index contributed by atoms with van der Waals surface area (Å²) >= 11 is 0. The van der Waals surface area contributed by atoms with Crippen molar-refractivity contribution in [2.45, 2.75) is 57.0 Å². The predicted molar refractivity (Wildman–Crippen MR) is 93.5 cm³/mol. The van der Waals surface area contributed by atoms with E-state index < -0.39 is 0 Å². The highest BCUT2D eigenvalue weighted by molar-refractivity contribution is 5.63.